The second-order valence-electron chi connectivity index (χ2n) is 5.51. The lowest BCUT2D eigenvalue weighted by molar-refractivity contribution is 0.284. The minimum absolute atomic E-state index is 0.193. The van der Waals surface area contributed by atoms with Crippen molar-refractivity contribution in [2.75, 3.05) is 13.7 Å². The van der Waals surface area contributed by atoms with Gasteiger partial charge >= 0.3 is 0 Å². The average molecular weight is 235 g/mol. The van der Waals surface area contributed by atoms with Crippen molar-refractivity contribution in [3.63, 3.8) is 0 Å². The minimum Gasteiger partial charge on any atom is -0.494 e. The molecule has 0 bridgehead atoms. The highest BCUT2D eigenvalue weighted by atomic mass is 16.5. The molecule has 1 rings (SSSR count). The molecule has 0 heterocycles. The summed E-state index contributed by atoms with van der Waals surface area (Å²) in [4.78, 5) is 0. The van der Waals surface area contributed by atoms with Gasteiger partial charge in [0.1, 0.15) is 5.75 Å². The SMILES string of the molecule is CCCOc1cccc(C(NC)C(C)(C)C)c1. The molecule has 1 aromatic rings. The molecule has 0 fully saturated rings. The van der Waals surface area contributed by atoms with E-state index in [1.165, 1.54) is 5.56 Å². The van der Waals surface area contributed by atoms with Crippen LogP contribution >= 0.6 is 0 Å². The van der Waals surface area contributed by atoms with Gasteiger partial charge in [-0.1, -0.05) is 39.8 Å². The maximum Gasteiger partial charge on any atom is 0.119 e. The summed E-state index contributed by atoms with van der Waals surface area (Å²) in [7, 11) is 2.01. The number of rotatable bonds is 5. The van der Waals surface area contributed by atoms with Crippen LogP contribution in [0.2, 0.25) is 0 Å². The van der Waals surface area contributed by atoms with Gasteiger partial charge in [-0.05, 0) is 36.6 Å². The van der Waals surface area contributed by atoms with Crippen LogP contribution in [0.15, 0.2) is 24.3 Å². The standard InChI is InChI=1S/C15H25NO/c1-6-10-17-13-9-7-8-12(11-13)14(16-5)15(2,3)4/h7-9,11,14,16H,6,10H2,1-5H3. The Balaban J connectivity index is 2.89. The molecule has 1 N–H and O–H groups in total. The van der Waals surface area contributed by atoms with Crippen LogP contribution in [0.25, 0.3) is 0 Å². The maximum absolute atomic E-state index is 5.68. The predicted molar refractivity (Wildman–Crippen MR) is 73.5 cm³/mol. The van der Waals surface area contributed by atoms with Crippen LogP contribution in [0.1, 0.15) is 45.7 Å². The van der Waals surface area contributed by atoms with E-state index in [0.717, 1.165) is 18.8 Å². The van der Waals surface area contributed by atoms with Crippen molar-refractivity contribution >= 4 is 0 Å². The first-order valence-electron chi connectivity index (χ1n) is 6.39. The molecule has 0 radical (unpaired) electrons. The zero-order valence-electron chi connectivity index (χ0n) is 11.7. The predicted octanol–water partition coefficient (Wildman–Crippen LogP) is 3.78. The van der Waals surface area contributed by atoms with Gasteiger partial charge in [0.25, 0.3) is 0 Å². The first-order chi connectivity index (χ1) is 7.99. The molecule has 0 saturated heterocycles. The molecule has 1 aromatic carbocycles. The monoisotopic (exact) mass is 235 g/mol. The number of hydrogen-bond donors (Lipinski definition) is 1. The lowest BCUT2D eigenvalue weighted by atomic mass is 9.82. The fourth-order valence-corrected chi connectivity index (χ4v) is 2.10. The first-order valence-corrected chi connectivity index (χ1v) is 6.39. The van der Waals surface area contributed by atoms with E-state index in [9.17, 15) is 0 Å². The molecule has 96 valence electrons. The molecule has 0 amide bonds. The van der Waals surface area contributed by atoms with E-state index in [-0.39, 0.29) is 5.41 Å². The van der Waals surface area contributed by atoms with Gasteiger partial charge in [-0.3, -0.25) is 0 Å². The van der Waals surface area contributed by atoms with Crippen molar-refractivity contribution in [3.8, 4) is 5.75 Å². The molecule has 2 nitrogen and oxygen atoms in total. The van der Waals surface area contributed by atoms with Crippen molar-refractivity contribution in [2.45, 2.75) is 40.2 Å². The second kappa shape index (κ2) is 6.06. The quantitative estimate of drug-likeness (QED) is 0.838. The molecule has 0 spiro atoms. The van der Waals surface area contributed by atoms with E-state index in [1.807, 2.05) is 13.1 Å². The fraction of sp³-hybridized carbons (Fsp3) is 0.600. The molecule has 0 aliphatic heterocycles. The van der Waals surface area contributed by atoms with Crippen LogP contribution in [0, 0.1) is 5.41 Å². The third-order valence-corrected chi connectivity index (χ3v) is 2.82. The normalized spacial score (nSPS) is 13.5. The summed E-state index contributed by atoms with van der Waals surface area (Å²) in [5.74, 6) is 0.967. The first kappa shape index (κ1) is 14.0. The van der Waals surface area contributed by atoms with Gasteiger partial charge in [-0.2, -0.15) is 0 Å². The van der Waals surface area contributed by atoms with E-state index in [2.05, 4.69) is 51.2 Å². The summed E-state index contributed by atoms with van der Waals surface area (Å²) in [5, 5.41) is 3.39. The Morgan fingerprint density at radius 3 is 2.53 bits per heavy atom. The third-order valence-electron chi connectivity index (χ3n) is 2.82. The van der Waals surface area contributed by atoms with E-state index in [0.29, 0.717) is 6.04 Å². The Morgan fingerprint density at radius 1 is 1.29 bits per heavy atom. The topological polar surface area (TPSA) is 21.3 Å². The Bertz CT molecular complexity index is 341. The van der Waals surface area contributed by atoms with Gasteiger partial charge in [0.2, 0.25) is 0 Å². The van der Waals surface area contributed by atoms with Crippen LogP contribution in [0.4, 0.5) is 0 Å². The summed E-state index contributed by atoms with van der Waals surface area (Å²) >= 11 is 0. The lowest BCUT2D eigenvalue weighted by Gasteiger charge is -2.31. The number of ether oxygens (including phenoxy) is 1. The molecular weight excluding hydrogens is 210 g/mol. The zero-order chi connectivity index (χ0) is 12.9. The molecule has 0 saturated carbocycles. The van der Waals surface area contributed by atoms with Gasteiger partial charge < -0.3 is 10.1 Å². The Morgan fingerprint density at radius 2 is 2.00 bits per heavy atom. The van der Waals surface area contributed by atoms with Crippen molar-refractivity contribution in [1.82, 2.24) is 5.32 Å². The largest absolute Gasteiger partial charge is 0.494 e. The average Bonchev–Trinajstić information content (AvgIpc) is 2.26. The van der Waals surface area contributed by atoms with Gasteiger partial charge in [0, 0.05) is 6.04 Å². The van der Waals surface area contributed by atoms with Crippen LogP contribution in [-0.2, 0) is 0 Å². The summed E-state index contributed by atoms with van der Waals surface area (Å²) < 4.78 is 5.68. The Hall–Kier alpha value is -1.02. The van der Waals surface area contributed by atoms with E-state index in [4.69, 9.17) is 4.74 Å². The van der Waals surface area contributed by atoms with Crippen molar-refractivity contribution in [3.05, 3.63) is 29.8 Å². The highest BCUT2D eigenvalue weighted by Gasteiger charge is 2.24. The number of benzene rings is 1. The van der Waals surface area contributed by atoms with Crippen LogP contribution in [-0.4, -0.2) is 13.7 Å². The molecule has 0 aliphatic rings. The number of nitrogens with one attached hydrogen (secondary N) is 1. The summed E-state index contributed by atoms with van der Waals surface area (Å²) in [6.07, 6.45) is 1.04. The molecule has 0 aliphatic carbocycles. The molecule has 1 atom stereocenters. The van der Waals surface area contributed by atoms with Gasteiger partial charge in [-0.15, -0.1) is 0 Å². The van der Waals surface area contributed by atoms with Gasteiger partial charge in [-0.25, -0.2) is 0 Å². The summed E-state index contributed by atoms with van der Waals surface area (Å²) in [6.45, 7) is 9.63. The highest BCUT2D eigenvalue weighted by molar-refractivity contribution is 5.31. The molecule has 1 unspecified atom stereocenters. The van der Waals surface area contributed by atoms with E-state index >= 15 is 0 Å². The van der Waals surface area contributed by atoms with E-state index in [1.54, 1.807) is 0 Å². The molecule has 0 aromatic heterocycles. The summed E-state index contributed by atoms with van der Waals surface area (Å²) in [6, 6.07) is 8.73. The van der Waals surface area contributed by atoms with Crippen molar-refractivity contribution < 1.29 is 4.74 Å². The Kier molecular flexibility index (Phi) is 5.01. The van der Waals surface area contributed by atoms with Crippen LogP contribution < -0.4 is 10.1 Å². The van der Waals surface area contributed by atoms with Gasteiger partial charge in [0.05, 0.1) is 6.61 Å². The molecule has 17 heavy (non-hydrogen) atoms. The summed E-state index contributed by atoms with van der Waals surface area (Å²) in [5.41, 5.74) is 1.48. The molecular formula is C15H25NO. The Labute approximate surface area is 105 Å². The second-order valence-corrected chi connectivity index (χ2v) is 5.51. The highest BCUT2D eigenvalue weighted by Crippen LogP contribution is 2.33. The smallest absolute Gasteiger partial charge is 0.119 e. The number of hydrogen-bond acceptors (Lipinski definition) is 2. The molecule has 2 heteroatoms. The third kappa shape index (κ3) is 4.04. The van der Waals surface area contributed by atoms with E-state index < -0.39 is 0 Å². The fourth-order valence-electron chi connectivity index (χ4n) is 2.10. The minimum atomic E-state index is 0.193. The van der Waals surface area contributed by atoms with Crippen LogP contribution in [0.5, 0.6) is 5.75 Å². The van der Waals surface area contributed by atoms with Crippen LogP contribution in [0.3, 0.4) is 0 Å². The maximum atomic E-state index is 5.68. The lowest BCUT2D eigenvalue weighted by Crippen LogP contribution is -2.29. The zero-order valence-corrected chi connectivity index (χ0v) is 11.7. The van der Waals surface area contributed by atoms with Crippen molar-refractivity contribution in [1.29, 1.82) is 0 Å². The van der Waals surface area contributed by atoms with Gasteiger partial charge in [0.15, 0.2) is 0 Å². The van der Waals surface area contributed by atoms with Crippen molar-refractivity contribution in [2.24, 2.45) is 5.41 Å².